The lowest BCUT2D eigenvalue weighted by molar-refractivity contribution is 0.0936. The van der Waals surface area contributed by atoms with E-state index in [2.05, 4.69) is 20.6 Å². The SMILES string of the molecule is CCNC(=NCc1coc(-c2ccccc2)n1)NCC1COc2ccccc2O1. The van der Waals surface area contributed by atoms with E-state index in [4.69, 9.17) is 13.9 Å². The molecule has 0 saturated carbocycles. The summed E-state index contributed by atoms with van der Waals surface area (Å²) in [7, 11) is 0. The van der Waals surface area contributed by atoms with Crippen molar-refractivity contribution in [3.05, 3.63) is 66.6 Å². The van der Waals surface area contributed by atoms with Crippen molar-refractivity contribution >= 4 is 5.96 Å². The van der Waals surface area contributed by atoms with E-state index in [-0.39, 0.29) is 6.10 Å². The standard InChI is InChI=1S/C22H24N4O3/c1-2-23-22(25-13-18-15-27-19-10-6-7-11-20(19)29-18)24-12-17-14-28-21(26-17)16-8-4-3-5-9-16/h3-11,14,18H,2,12-13,15H2,1H3,(H2,23,24,25). The van der Waals surface area contributed by atoms with Crippen LogP contribution in [-0.4, -0.2) is 36.7 Å². The molecule has 7 nitrogen and oxygen atoms in total. The molecule has 1 aromatic heterocycles. The van der Waals surface area contributed by atoms with E-state index < -0.39 is 0 Å². The Hall–Kier alpha value is -3.48. The van der Waals surface area contributed by atoms with Gasteiger partial charge in [-0.2, -0.15) is 0 Å². The fourth-order valence-corrected chi connectivity index (χ4v) is 2.97. The molecule has 0 bridgehead atoms. The number of rotatable bonds is 6. The van der Waals surface area contributed by atoms with E-state index >= 15 is 0 Å². The fourth-order valence-electron chi connectivity index (χ4n) is 2.97. The summed E-state index contributed by atoms with van der Waals surface area (Å²) in [6.07, 6.45) is 1.55. The van der Waals surface area contributed by atoms with Crippen molar-refractivity contribution < 1.29 is 13.9 Å². The van der Waals surface area contributed by atoms with Crippen LogP contribution < -0.4 is 20.1 Å². The number of hydrogen-bond acceptors (Lipinski definition) is 5. The van der Waals surface area contributed by atoms with Gasteiger partial charge in [0.2, 0.25) is 5.89 Å². The molecule has 1 atom stereocenters. The van der Waals surface area contributed by atoms with Gasteiger partial charge in [-0.1, -0.05) is 30.3 Å². The molecule has 0 aliphatic carbocycles. The van der Waals surface area contributed by atoms with Crippen LogP contribution in [-0.2, 0) is 6.54 Å². The lowest BCUT2D eigenvalue weighted by Gasteiger charge is -2.27. The summed E-state index contributed by atoms with van der Waals surface area (Å²) in [6, 6.07) is 17.5. The third-order valence-electron chi connectivity index (χ3n) is 4.38. The first-order valence-electron chi connectivity index (χ1n) is 9.72. The topological polar surface area (TPSA) is 80.9 Å². The summed E-state index contributed by atoms with van der Waals surface area (Å²) in [6.45, 7) is 4.26. The Labute approximate surface area is 169 Å². The number of guanidine groups is 1. The van der Waals surface area contributed by atoms with Gasteiger partial charge < -0.3 is 24.5 Å². The molecule has 0 saturated heterocycles. The van der Waals surface area contributed by atoms with Gasteiger partial charge in [0.25, 0.3) is 0 Å². The normalized spacial score (nSPS) is 15.8. The summed E-state index contributed by atoms with van der Waals surface area (Å²) in [5.74, 6) is 2.84. The molecule has 2 N–H and O–H groups in total. The monoisotopic (exact) mass is 392 g/mol. The Balaban J connectivity index is 1.34. The summed E-state index contributed by atoms with van der Waals surface area (Å²) in [5, 5.41) is 6.54. The summed E-state index contributed by atoms with van der Waals surface area (Å²) < 4.78 is 17.3. The number of nitrogens with one attached hydrogen (secondary N) is 2. The number of aromatic nitrogens is 1. The largest absolute Gasteiger partial charge is 0.486 e. The maximum absolute atomic E-state index is 5.98. The third-order valence-corrected chi connectivity index (χ3v) is 4.38. The minimum atomic E-state index is -0.0921. The van der Waals surface area contributed by atoms with Gasteiger partial charge in [-0.3, -0.25) is 0 Å². The number of nitrogens with zero attached hydrogens (tertiary/aromatic N) is 2. The van der Waals surface area contributed by atoms with Crippen molar-refractivity contribution in [2.24, 2.45) is 4.99 Å². The fraction of sp³-hybridized carbons (Fsp3) is 0.273. The van der Waals surface area contributed by atoms with Crippen LogP contribution in [0.25, 0.3) is 11.5 Å². The number of hydrogen-bond donors (Lipinski definition) is 2. The van der Waals surface area contributed by atoms with Crippen LogP contribution in [0.1, 0.15) is 12.6 Å². The highest BCUT2D eigenvalue weighted by Crippen LogP contribution is 2.30. The molecule has 7 heteroatoms. The van der Waals surface area contributed by atoms with Crippen LogP contribution in [0.15, 0.2) is 70.3 Å². The molecular formula is C22H24N4O3. The first kappa shape index (κ1) is 18.9. The second-order valence-corrected chi connectivity index (χ2v) is 6.58. The molecule has 0 amide bonds. The van der Waals surface area contributed by atoms with Gasteiger partial charge in [-0.05, 0) is 31.2 Å². The van der Waals surface area contributed by atoms with Crippen LogP contribution in [0.4, 0.5) is 0 Å². The molecule has 29 heavy (non-hydrogen) atoms. The molecule has 1 aliphatic heterocycles. The number of aliphatic imine (C=N–C) groups is 1. The second-order valence-electron chi connectivity index (χ2n) is 6.58. The first-order valence-corrected chi connectivity index (χ1v) is 9.72. The molecule has 0 spiro atoms. The van der Waals surface area contributed by atoms with Crippen LogP contribution in [0.3, 0.4) is 0 Å². The second kappa shape index (κ2) is 9.14. The molecule has 2 heterocycles. The summed E-state index contributed by atoms with van der Waals surface area (Å²) >= 11 is 0. The highest BCUT2D eigenvalue weighted by Gasteiger charge is 2.20. The van der Waals surface area contributed by atoms with Gasteiger partial charge in [-0.15, -0.1) is 0 Å². The molecule has 4 rings (SSSR count). The van der Waals surface area contributed by atoms with Gasteiger partial charge in [0.15, 0.2) is 17.5 Å². The van der Waals surface area contributed by atoms with Crippen molar-refractivity contribution in [3.8, 4) is 23.0 Å². The lowest BCUT2D eigenvalue weighted by atomic mass is 10.2. The van der Waals surface area contributed by atoms with Crippen LogP contribution in [0, 0.1) is 0 Å². The Morgan fingerprint density at radius 1 is 1.07 bits per heavy atom. The van der Waals surface area contributed by atoms with Gasteiger partial charge in [-0.25, -0.2) is 9.98 Å². The zero-order valence-electron chi connectivity index (χ0n) is 16.3. The average molecular weight is 392 g/mol. The molecule has 1 unspecified atom stereocenters. The van der Waals surface area contributed by atoms with Gasteiger partial charge in [0.05, 0.1) is 13.1 Å². The summed E-state index contributed by atoms with van der Waals surface area (Å²) in [5.41, 5.74) is 1.72. The minimum absolute atomic E-state index is 0.0921. The lowest BCUT2D eigenvalue weighted by Crippen LogP contribution is -2.45. The van der Waals surface area contributed by atoms with Crippen molar-refractivity contribution in [1.82, 2.24) is 15.6 Å². The number of para-hydroxylation sites is 2. The zero-order valence-corrected chi connectivity index (χ0v) is 16.3. The van der Waals surface area contributed by atoms with Crippen molar-refractivity contribution in [2.45, 2.75) is 19.6 Å². The number of oxazole rings is 1. The maximum Gasteiger partial charge on any atom is 0.226 e. The van der Waals surface area contributed by atoms with E-state index in [1.165, 1.54) is 0 Å². The molecule has 150 valence electrons. The smallest absolute Gasteiger partial charge is 0.226 e. The number of fused-ring (bicyclic) bond motifs is 1. The van der Waals surface area contributed by atoms with E-state index in [1.54, 1.807) is 6.26 Å². The molecule has 1 aliphatic rings. The summed E-state index contributed by atoms with van der Waals surface area (Å²) in [4.78, 5) is 9.11. The van der Waals surface area contributed by atoms with Crippen molar-refractivity contribution in [2.75, 3.05) is 19.7 Å². The van der Waals surface area contributed by atoms with Gasteiger partial charge in [0, 0.05) is 12.1 Å². The minimum Gasteiger partial charge on any atom is -0.486 e. The van der Waals surface area contributed by atoms with E-state index in [1.807, 2.05) is 61.5 Å². The highest BCUT2D eigenvalue weighted by molar-refractivity contribution is 5.79. The van der Waals surface area contributed by atoms with Crippen molar-refractivity contribution in [3.63, 3.8) is 0 Å². The average Bonchev–Trinajstić information content (AvgIpc) is 3.25. The Morgan fingerprint density at radius 2 is 1.86 bits per heavy atom. The van der Waals surface area contributed by atoms with E-state index in [9.17, 15) is 0 Å². The number of benzene rings is 2. The number of ether oxygens (including phenoxy) is 2. The van der Waals surface area contributed by atoms with Crippen molar-refractivity contribution in [1.29, 1.82) is 0 Å². The highest BCUT2D eigenvalue weighted by atomic mass is 16.6. The quantitative estimate of drug-likeness (QED) is 0.495. The van der Waals surface area contributed by atoms with Crippen LogP contribution in [0.5, 0.6) is 11.5 Å². The third kappa shape index (κ3) is 4.87. The van der Waals surface area contributed by atoms with Gasteiger partial charge >= 0.3 is 0 Å². The van der Waals surface area contributed by atoms with Gasteiger partial charge in [0.1, 0.15) is 24.7 Å². The molecule has 2 aromatic carbocycles. The first-order chi connectivity index (χ1) is 14.3. The Bertz CT molecular complexity index is 955. The molecule has 0 radical (unpaired) electrons. The predicted molar refractivity (Wildman–Crippen MR) is 111 cm³/mol. The zero-order chi connectivity index (χ0) is 19.9. The molecular weight excluding hydrogens is 368 g/mol. The Morgan fingerprint density at radius 3 is 2.69 bits per heavy atom. The Kier molecular flexibility index (Phi) is 5.95. The van der Waals surface area contributed by atoms with Crippen LogP contribution >= 0.6 is 0 Å². The predicted octanol–water partition coefficient (Wildman–Crippen LogP) is 3.24. The molecule has 3 aromatic rings. The maximum atomic E-state index is 5.98. The van der Waals surface area contributed by atoms with E-state index in [0.717, 1.165) is 29.3 Å². The van der Waals surface area contributed by atoms with E-state index in [0.29, 0.717) is 31.5 Å². The molecule has 0 fully saturated rings. The van der Waals surface area contributed by atoms with Crippen LogP contribution in [0.2, 0.25) is 0 Å².